The van der Waals surface area contributed by atoms with Gasteiger partial charge in [0.25, 0.3) is 0 Å². The van der Waals surface area contributed by atoms with E-state index in [9.17, 15) is 5.26 Å². The zero-order chi connectivity index (χ0) is 21.1. The lowest BCUT2D eigenvalue weighted by Gasteiger charge is -2.16. The molecule has 156 valence electrons. The molecule has 1 heterocycles. The molecule has 7 nitrogen and oxygen atoms in total. The van der Waals surface area contributed by atoms with E-state index in [2.05, 4.69) is 27.9 Å². The smallest absolute Gasteiger partial charge is 0.224 e. The van der Waals surface area contributed by atoms with Crippen molar-refractivity contribution in [3.63, 3.8) is 0 Å². The first-order valence-corrected chi connectivity index (χ1v) is 10.3. The van der Waals surface area contributed by atoms with Gasteiger partial charge in [0.2, 0.25) is 6.23 Å². The number of hydrogen-bond acceptors (Lipinski definition) is 7. The zero-order valence-electron chi connectivity index (χ0n) is 17.2. The maximum Gasteiger partial charge on any atom is 0.224 e. The van der Waals surface area contributed by atoms with Crippen LogP contribution in [0.2, 0.25) is 0 Å². The summed E-state index contributed by atoms with van der Waals surface area (Å²) in [5, 5.41) is 29.6. The van der Waals surface area contributed by atoms with Crippen LogP contribution in [0.4, 0.5) is 0 Å². The molecule has 0 aromatic heterocycles. The SMILES string of the molecule is CC(C)Oc1ccc(C2NC(c3cccc4c3CCC4NCCO)=NO2)cc1C#N. The molecule has 0 saturated carbocycles. The highest BCUT2D eigenvalue weighted by atomic mass is 16.7. The van der Waals surface area contributed by atoms with Gasteiger partial charge in [0.15, 0.2) is 5.84 Å². The van der Waals surface area contributed by atoms with Crippen LogP contribution in [0.1, 0.15) is 60.4 Å². The van der Waals surface area contributed by atoms with Crippen LogP contribution >= 0.6 is 0 Å². The first kappa shape index (κ1) is 20.2. The molecule has 0 amide bonds. The molecular formula is C23H26N4O3. The Kier molecular flexibility index (Phi) is 5.88. The van der Waals surface area contributed by atoms with Gasteiger partial charge >= 0.3 is 0 Å². The number of fused-ring (bicyclic) bond motifs is 1. The van der Waals surface area contributed by atoms with Crippen molar-refractivity contribution >= 4 is 5.84 Å². The fourth-order valence-electron chi connectivity index (χ4n) is 4.04. The molecule has 2 aliphatic rings. The van der Waals surface area contributed by atoms with Gasteiger partial charge in [0.05, 0.1) is 18.3 Å². The summed E-state index contributed by atoms with van der Waals surface area (Å²) >= 11 is 0. The normalized spacial score (nSPS) is 19.6. The minimum Gasteiger partial charge on any atom is -0.490 e. The Morgan fingerprint density at radius 3 is 3.00 bits per heavy atom. The standard InChI is InChI=1S/C23H26N4O3/c1-14(2)29-21-9-6-15(12-16(21)13-24)23-26-22(27-30-23)19-5-3-4-18-17(19)7-8-20(18)25-10-11-28/h3-6,9,12,14,20,23,25,28H,7-8,10-11H2,1-2H3,(H,26,27). The van der Waals surface area contributed by atoms with E-state index in [0.717, 1.165) is 24.0 Å². The molecule has 3 N–H and O–H groups in total. The second-order valence-electron chi connectivity index (χ2n) is 7.75. The first-order chi connectivity index (χ1) is 14.6. The predicted octanol–water partition coefficient (Wildman–Crippen LogP) is 2.89. The first-order valence-electron chi connectivity index (χ1n) is 10.3. The van der Waals surface area contributed by atoms with Gasteiger partial charge in [-0.05, 0) is 56.0 Å². The molecule has 1 aliphatic carbocycles. The van der Waals surface area contributed by atoms with E-state index in [4.69, 9.17) is 14.7 Å². The number of nitrogens with zero attached hydrogens (tertiary/aromatic N) is 2. The number of rotatable bonds is 7. The molecule has 4 rings (SSSR count). The Bertz CT molecular complexity index is 996. The van der Waals surface area contributed by atoms with Crippen molar-refractivity contribution in [3.05, 3.63) is 64.2 Å². The molecule has 7 heteroatoms. The van der Waals surface area contributed by atoms with E-state index in [1.54, 1.807) is 12.1 Å². The third-order valence-electron chi connectivity index (χ3n) is 5.34. The molecule has 1 aliphatic heterocycles. The summed E-state index contributed by atoms with van der Waals surface area (Å²) in [6, 6.07) is 14.1. The van der Waals surface area contributed by atoms with Crippen LogP contribution in [0.25, 0.3) is 0 Å². The summed E-state index contributed by atoms with van der Waals surface area (Å²) in [4.78, 5) is 5.66. The van der Waals surface area contributed by atoms with Gasteiger partial charge in [-0.1, -0.05) is 23.4 Å². The van der Waals surface area contributed by atoms with Crippen LogP contribution in [0, 0.1) is 11.3 Å². The Hall–Kier alpha value is -3.08. The fourth-order valence-corrected chi connectivity index (χ4v) is 4.04. The molecule has 2 aromatic carbocycles. The third kappa shape index (κ3) is 3.97. The Morgan fingerprint density at radius 2 is 2.23 bits per heavy atom. The van der Waals surface area contributed by atoms with Gasteiger partial charge in [0, 0.05) is 23.7 Å². The average Bonchev–Trinajstić information content (AvgIpc) is 3.39. The largest absolute Gasteiger partial charge is 0.490 e. The summed E-state index contributed by atoms with van der Waals surface area (Å²) in [6.45, 7) is 4.56. The number of ether oxygens (including phenoxy) is 1. The highest BCUT2D eigenvalue weighted by Gasteiger charge is 2.29. The summed E-state index contributed by atoms with van der Waals surface area (Å²) in [5.74, 6) is 1.26. The molecule has 2 unspecified atom stereocenters. The summed E-state index contributed by atoms with van der Waals surface area (Å²) in [5.41, 5.74) is 4.82. The number of oxime groups is 1. The molecular weight excluding hydrogens is 380 g/mol. The molecule has 2 atom stereocenters. The molecule has 0 fully saturated rings. The minimum absolute atomic E-state index is 0.00499. The average molecular weight is 406 g/mol. The highest BCUT2D eigenvalue weighted by molar-refractivity contribution is 6.01. The van der Waals surface area contributed by atoms with E-state index >= 15 is 0 Å². The number of nitriles is 1. The molecule has 0 saturated heterocycles. The second-order valence-corrected chi connectivity index (χ2v) is 7.75. The lowest BCUT2D eigenvalue weighted by molar-refractivity contribution is 0.0728. The van der Waals surface area contributed by atoms with Gasteiger partial charge in [0.1, 0.15) is 11.8 Å². The van der Waals surface area contributed by atoms with Crippen molar-refractivity contribution in [3.8, 4) is 11.8 Å². The van der Waals surface area contributed by atoms with Crippen molar-refractivity contribution in [2.24, 2.45) is 5.16 Å². The van der Waals surface area contributed by atoms with Crippen LogP contribution in [-0.2, 0) is 11.3 Å². The summed E-state index contributed by atoms with van der Waals surface area (Å²) in [6.07, 6.45) is 1.47. The summed E-state index contributed by atoms with van der Waals surface area (Å²) in [7, 11) is 0. The Morgan fingerprint density at radius 1 is 1.37 bits per heavy atom. The van der Waals surface area contributed by atoms with Crippen LogP contribution in [-0.4, -0.2) is 30.2 Å². The Labute approximate surface area is 176 Å². The topological polar surface area (TPSA) is 98.9 Å². The van der Waals surface area contributed by atoms with E-state index in [1.807, 2.05) is 32.0 Å². The summed E-state index contributed by atoms with van der Waals surface area (Å²) < 4.78 is 5.70. The van der Waals surface area contributed by atoms with Crippen molar-refractivity contribution in [1.82, 2.24) is 10.6 Å². The van der Waals surface area contributed by atoms with Gasteiger partial charge < -0.3 is 25.3 Å². The number of hydrogen-bond donors (Lipinski definition) is 3. The number of benzene rings is 2. The maximum absolute atomic E-state index is 9.48. The number of aliphatic hydroxyl groups excluding tert-OH is 1. The van der Waals surface area contributed by atoms with Crippen molar-refractivity contribution < 1.29 is 14.7 Å². The lowest BCUT2D eigenvalue weighted by Crippen LogP contribution is -2.25. The third-order valence-corrected chi connectivity index (χ3v) is 5.34. The van der Waals surface area contributed by atoms with Crippen molar-refractivity contribution in [2.45, 2.75) is 45.1 Å². The molecule has 2 aromatic rings. The molecule has 30 heavy (non-hydrogen) atoms. The van der Waals surface area contributed by atoms with Crippen molar-refractivity contribution in [1.29, 1.82) is 5.26 Å². The van der Waals surface area contributed by atoms with Crippen molar-refractivity contribution in [2.75, 3.05) is 13.2 Å². The number of nitrogens with one attached hydrogen (secondary N) is 2. The number of aliphatic hydroxyl groups is 1. The van der Waals surface area contributed by atoms with E-state index in [-0.39, 0.29) is 18.8 Å². The monoisotopic (exact) mass is 406 g/mol. The quantitative estimate of drug-likeness (QED) is 0.654. The van der Waals surface area contributed by atoms with Crippen LogP contribution in [0.5, 0.6) is 5.75 Å². The molecule has 0 spiro atoms. The van der Waals surface area contributed by atoms with Crippen LogP contribution in [0.15, 0.2) is 41.6 Å². The van der Waals surface area contributed by atoms with Gasteiger partial charge in [-0.15, -0.1) is 0 Å². The maximum atomic E-state index is 9.48. The van der Waals surface area contributed by atoms with Crippen LogP contribution in [0.3, 0.4) is 0 Å². The van der Waals surface area contributed by atoms with E-state index in [1.165, 1.54) is 11.1 Å². The van der Waals surface area contributed by atoms with Gasteiger partial charge in [-0.3, -0.25) is 0 Å². The second kappa shape index (κ2) is 8.74. The fraction of sp³-hybridized carbons (Fsp3) is 0.391. The van der Waals surface area contributed by atoms with Crippen LogP contribution < -0.4 is 15.4 Å². The van der Waals surface area contributed by atoms with E-state index in [0.29, 0.717) is 23.7 Å². The minimum atomic E-state index is -0.458. The van der Waals surface area contributed by atoms with Gasteiger partial charge in [-0.2, -0.15) is 5.26 Å². The Balaban J connectivity index is 1.52. The molecule has 0 bridgehead atoms. The number of amidine groups is 1. The highest BCUT2D eigenvalue weighted by Crippen LogP contribution is 2.35. The van der Waals surface area contributed by atoms with Gasteiger partial charge in [-0.25, -0.2) is 0 Å². The molecule has 0 radical (unpaired) electrons. The van der Waals surface area contributed by atoms with E-state index < -0.39 is 6.23 Å². The zero-order valence-corrected chi connectivity index (χ0v) is 17.2. The predicted molar refractivity (Wildman–Crippen MR) is 113 cm³/mol. The lowest BCUT2D eigenvalue weighted by atomic mass is 10.0.